The maximum atomic E-state index is 13.0. The summed E-state index contributed by atoms with van der Waals surface area (Å²) in [6.45, 7) is 0.459. The number of carbonyl (C=O) groups excluding carboxylic acids is 1. The van der Waals surface area contributed by atoms with Gasteiger partial charge in [0.25, 0.3) is 5.91 Å². The van der Waals surface area contributed by atoms with Gasteiger partial charge in [-0.3, -0.25) is 10.2 Å². The third-order valence-electron chi connectivity index (χ3n) is 4.34. The molecule has 2 heterocycles. The van der Waals surface area contributed by atoms with E-state index in [1.54, 1.807) is 36.4 Å². The summed E-state index contributed by atoms with van der Waals surface area (Å²) in [4.78, 5) is 16.1. The average molecular weight is 539 g/mol. The minimum absolute atomic E-state index is 0.200. The summed E-state index contributed by atoms with van der Waals surface area (Å²) in [5, 5.41) is 10.8. The fourth-order valence-electron chi connectivity index (χ4n) is 2.84. The van der Waals surface area contributed by atoms with Crippen LogP contribution in [0.15, 0.2) is 68.7 Å². The zero-order chi connectivity index (χ0) is 23.6. The van der Waals surface area contributed by atoms with E-state index >= 15 is 0 Å². The van der Waals surface area contributed by atoms with Crippen LogP contribution in [0.4, 0.5) is 13.2 Å². The molecule has 33 heavy (non-hydrogen) atoms. The molecule has 2 aromatic carbocycles. The second-order valence-corrected chi connectivity index (χ2v) is 8.48. The van der Waals surface area contributed by atoms with E-state index in [1.807, 2.05) is 12.1 Å². The molecule has 0 saturated heterocycles. The standard InChI is InChI=1S/C21H14BrF3N4O3S/c22-13-5-7-14(8-6-13)31-9-10-32-16-4-2-1-3-12(16)11-15-17(26)29-20(27-18(15)30)33-19(28-29)21(23,24)25/h1-8,11,26H,9-10H2/b15-11-,26-17?. The number of amidine groups is 2. The molecule has 2 aliphatic heterocycles. The van der Waals surface area contributed by atoms with Gasteiger partial charge in [0.2, 0.25) is 10.2 Å². The molecule has 2 aromatic rings. The number of halogens is 4. The summed E-state index contributed by atoms with van der Waals surface area (Å²) < 4.78 is 51.2. The minimum atomic E-state index is -4.70. The van der Waals surface area contributed by atoms with Gasteiger partial charge < -0.3 is 9.47 Å². The number of hydrazone groups is 1. The number of carbonyl (C=O) groups is 1. The van der Waals surface area contributed by atoms with E-state index in [2.05, 4.69) is 26.0 Å². The predicted octanol–water partition coefficient (Wildman–Crippen LogP) is 5.09. The van der Waals surface area contributed by atoms with Crippen LogP contribution in [-0.2, 0) is 4.79 Å². The highest BCUT2D eigenvalue weighted by molar-refractivity contribution is 9.10. The van der Waals surface area contributed by atoms with Crippen LogP contribution in [0.3, 0.4) is 0 Å². The molecular weight excluding hydrogens is 525 g/mol. The van der Waals surface area contributed by atoms with E-state index in [0.717, 1.165) is 4.47 Å². The number of nitrogens with one attached hydrogen (secondary N) is 1. The number of nitrogens with zero attached hydrogens (tertiary/aromatic N) is 3. The molecule has 0 unspecified atom stereocenters. The number of rotatable bonds is 6. The van der Waals surface area contributed by atoms with Crippen LogP contribution in [0, 0.1) is 5.41 Å². The third kappa shape index (κ3) is 5.28. The summed E-state index contributed by atoms with van der Waals surface area (Å²) in [5.41, 5.74) is 0.258. The first-order chi connectivity index (χ1) is 15.7. The van der Waals surface area contributed by atoms with Gasteiger partial charge in [-0.2, -0.15) is 28.3 Å². The van der Waals surface area contributed by atoms with Crippen LogP contribution in [0.25, 0.3) is 6.08 Å². The summed E-state index contributed by atoms with van der Waals surface area (Å²) in [5.74, 6) is -0.236. The molecule has 0 radical (unpaired) electrons. The lowest BCUT2D eigenvalue weighted by molar-refractivity contribution is -0.114. The number of fused-ring (bicyclic) bond motifs is 1. The summed E-state index contributed by atoms with van der Waals surface area (Å²) in [6.07, 6.45) is -3.35. The molecule has 1 amide bonds. The average Bonchev–Trinajstić information content (AvgIpc) is 3.21. The van der Waals surface area contributed by atoms with Crippen LogP contribution in [0.2, 0.25) is 0 Å². The second kappa shape index (κ2) is 9.40. The summed E-state index contributed by atoms with van der Waals surface area (Å²) in [6, 6.07) is 14.1. The first-order valence-corrected chi connectivity index (χ1v) is 11.0. The zero-order valence-electron chi connectivity index (χ0n) is 16.6. The molecule has 0 fully saturated rings. The normalized spacial score (nSPS) is 17.1. The predicted molar refractivity (Wildman–Crippen MR) is 123 cm³/mol. The van der Waals surface area contributed by atoms with Crippen molar-refractivity contribution in [3.63, 3.8) is 0 Å². The molecule has 0 atom stereocenters. The van der Waals surface area contributed by atoms with Crippen molar-refractivity contribution in [3.05, 3.63) is 64.1 Å². The number of hydrogen-bond acceptors (Lipinski definition) is 6. The van der Waals surface area contributed by atoms with Gasteiger partial charge in [-0.1, -0.05) is 34.1 Å². The second-order valence-electron chi connectivity index (χ2n) is 6.61. The summed E-state index contributed by atoms with van der Waals surface area (Å²) in [7, 11) is 0. The lowest BCUT2D eigenvalue weighted by Crippen LogP contribution is -2.35. The van der Waals surface area contributed by atoms with Gasteiger partial charge in [0.15, 0.2) is 5.84 Å². The Kier molecular flexibility index (Phi) is 6.56. The molecule has 2 aliphatic rings. The van der Waals surface area contributed by atoms with Crippen molar-refractivity contribution in [2.45, 2.75) is 6.18 Å². The van der Waals surface area contributed by atoms with Crippen LogP contribution < -0.4 is 9.47 Å². The largest absolute Gasteiger partial charge is 0.490 e. The molecule has 0 bridgehead atoms. The molecular formula is C21H14BrF3N4O3S. The monoisotopic (exact) mass is 538 g/mol. The Balaban J connectivity index is 1.48. The maximum Gasteiger partial charge on any atom is 0.441 e. The van der Waals surface area contributed by atoms with Crippen molar-refractivity contribution >= 4 is 55.7 Å². The van der Waals surface area contributed by atoms with Crippen molar-refractivity contribution in [2.75, 3.05) is 13.2 Å². The Bertz CT molecular complexity index is 1200. The quantitative estimate of drug-likeness (QED) is 0.409. The lowest BCUT2D eigenvalue weighted by Gasteiger charge is -2.20. The Hall–Kier alpha value is -3.12. The fourth-order valence-corrected chi connectivity index (χ4v) is 3.86. The van der Waals surface area contributed by atoms with E-state index in [0.29, 0.717) is 22.1 Å². The fraction of sp³-hybridized carbons (Fsp3) is 0.143. The SMILES string of the molecule is N=C1/C(=C/c2ccccc2OCCOc2ccc(Br)cc2)C(=O)N=C2SC(C(F)(F)F)=NN12. The van der Waals surface area contributed by atoms with Gasteiger partial charge in [-0.25, -0.2) is 0 Å². The Labute approximate surface area is 198 Å². The molecule has 12 heteroatoms. The van der Waals surface area contributed by atoms with Crippen LogP contribution in [0.5, 0.6) is 11.5 Å². The smallest absolute Gasteiger partial charge is 0.441 e. The molecule has 7 nitrogen and oxygen atoms in total. The number of hydrogen-bond donors (Lipinski definition) is 1. The van der Waals surface area contributed by atoms with Crippen LogP contribution in [0.1, 0.15) is 5.56 Å². The minimum Gasteiger partial charge on any atom is -0.490 e. The molecule has 4 rings (SSSR count). The highest BCUT2D eigenvalue weighted by atomic mass is 79.9. The van der Waals surface area contributed by atoms with Crippen LogP contribution in [-0.4, -0.2) is 46.4 Å². The third-order valence-corrected chi connectivity index (χ3v) is 5.82. The van der Waals surface area contributed by atoms with Crippen molar-refractivity contribution in [1.82, 2.24) is 5.01 Å². The zero-order valence-corrected chi connectivity index (χ0v) is 19.0. The van der Waals surface area contributed by atoms with E-state index in [-0.39, 0.29) is 35.7 Å². The van der Waals surface area contributed by atoms with Gasteiger partial charge in [-0.15, -0.1) is 0 Å². The number of benzene rings is 2. The number of alkyl halides is 3. The highest BCUT2D eigenvalue weighted by Gasteiger charge is 2.46. The van der Waals surface area contributed by atoms with E-state index < -0.39 is 23.0 Å². The number of thioether (sulfide) groups is 1. The van der Waals surface area contributed by atoms with E-state index in [4.69, 9.17) is 14.9 Å². The lowest BCUT2D eigenvalue weighted by atomic mass is 10.1. The Morgan fingerprint density at radius 3 is 2.52 bits per heavy atom. The van der Waals surface area contributed by atoms with Gasteiger partial charge >= 0.3 is 6.18 Å². The van der Waals surface area contributed by atoms with Gasteiger partial charge in [0.1, 0.15) is 24.7 Å². The number of amides is 1. The highest BCUT2D eigenvalue weighted by Crippen LogP contribution is 2.35. The number of para-hydroxylation sites is 1. The molecule has 0 aromatic heterocycles. The van der Waals surface area contributed by atoms with Crippen LogP contribution >= 0.6 is 27.7 Å². The molecule has 0 spiro atoms. The maximum absolute atomic E-state index is 13.0. The first kappa shape index (κ1) is 23.1. The van der Waals surface area contributed by atoms with Crippen molar-refractivity contribution in [2.24, 2.45) is 10.1 Å². The Morgan fingerprint density at radius 1 is 1.09 bits per heavy atom. The molecule has 0 saturated carbocycles. The summed E-state index contributed by atoms with van der Waals surface area (Å²) >= 11 is 3.55. The van der Waals surface area contributed by atoms with E-state index in [1.165, 1.54) is 6.08 Å². The van der Waals surface area contributed by atoms with Crippen molar-refractivity contribution < 1.29 is 27.4 Å². The van der Waals surface area contributed by atoms with E-state index in [9.17, 15) is 18.0 Å². The number of ether oxygens (including phenoxy) is 2. The molecule has 170 valence electrons. The topological polar surface area (TPSA) is 87.3 Å². The number of aliphatic imine (C=N–C) groups is 1. The van der Waals surface area contributed by atoms with Crippen molar-refractivity contribution in [1.29, 1.82) is 5.41 Å². The van der Waals surface area contributed by atoms with Crippen molar-refractivity contribution in [3.8, 4) is 11.5 Å². The molecule has 0 aliphatic carbocycles. The van der Waals surface area contributed by atoms with Gasteiger partial charge in [0, 0.05) is 10.0 Å². The Morgan fingerprint density at radius 2 is 1.79 bits per heavy atom. The van der Waals surface area contributed by atoms with Gasteiger partial charge in [0.05, 0.1) is 5.57 Å². The first-order valence-electron chi connectivity index (χ1n) is 9.40. The van der Waals surface area contributed by atoms with Gasteiger partial charge in [-0.05, 0) is 48.2 Å². The molecule has 1 N–H and O–H groups in total.